The van der Waals surface area contributed by atoms with Gasteiger partial charge in [0.1, 0.15) is 0 Å². The normalized spacial score (nSPS) is 13.5. The van der Waals surface area contributed by atoms with E-state index >= 15 is 0 Å². The average molecular weight is 462 g/mol. The summed E-state index contributed by atoms with van der Waals surface area (Å²) >= 11 is 0. The Kier molecular flexibility index (Phi) is 7.08. The summed E-state index contributed by atoms with van der Waals surface area (Å²) in [6, 6.07) is 0. The van der Waals surface area contributed by atoms with Gasteiger partial charge in [-0.15, -0.1) is 0 Å². The van der Waals surface area contributed by atoms with Crippen LogP contribution in [-0.2, 0) is 22.3 Å². The third-order valence-electron chi connectivity index (χ3n) is 0.419. The van der Waals surface area contributed by atoms with Crippen LogP contribution in [0.25, 0.3) is 0 Å². The molecule has 0 fully saturated rings. The Morgan fingerprint density at radius 3 is 1.07 bits per heavy atom. The fourth-order valence-electron chi connectivity index (χ4n) is 0.284. The molecule has 0 spiro atoms. The van der Waals surface area contributed by atoms with Crippen LogP contribution >= 0.6 is 23.5 Å². The van der Waals surface area contributed by atoms with Crippen LogP contribution in [0.1, 0.15) is 0 Å². The molecule has 14 heavy (non-hydrogen) atoms. The second kappa shape index (κ2) is 5.60. The van der Waals surface area contributed by atoms with Gasteiger partial charge in [0.25, 0.3) is 0 Å². The summed E-state index contributed by atoms with van der Waals surface area (Å²) in [7, 11) is -16.2. The third kappa shape index (κ3) is 11.4. The first-order valence-electron chi connectivity index (χ1n) is 2.28. The van der Waals surface area contributed by atoms with Crippen molar-refractivity contribution >= 4 is 50.8 Å². The van der Waals surface area contributed by atoms with Crippen molar-refractivity contribution in [2.45, 2.75) is 0 Å². The summed E-state index contributed by atoms with van der Waals surface area (Å²) < 4.78 is 36.4. The van der Waals surface area contributed by atoms with Crippen LogP contribution in [-0.4, -0.2) is 51.8 Å². The van der Waals surface area contributed by atoms with E-state index in [0.717, 1.165) is 0 Å². The van der Waals surface area contributed by atoms with Crippen molar-refractivity contribution in [3.8, 4) is 0 Å². The van der Waals surface area contributed by atoms with E-state index < -0.39 is 23.5 Å². The van der Waals surface area contributed by atoms with Crippen LogP contribution in [0.15, 0.2) is 0 Å². The Morgan fingerprint density at radius 1 is 0.714 bits per heavy atom. The zero-order valence-electron chi connectivity index (χ0n) is 6.20. The van der Waals surface area contributed by atoms with Crippen LogP contribution in [0, 0.1) is 0 Å². The first-order chi connectivity index (χ1) is 5.41. The van der Waals surface area contributed by atoms with Crippen molar-refractivity contribution in [2.24, 2.45) is 0 Å². The molecule has 0 amide bonds. The Bertz CT molecular complexity index is 277. The Labute approximate surface area is 97.5 Å². The van der Waals surface area contributed by atoms with E-state index in [1.807, 2.05) is 0 Å². The zero-order chi connectivity index (χ0) is 10.9. The van der Waals surface area contributed by atoms with Crippen molar-refractivity contribution in [2.75, 3.05) is 0 Å². The van der Waals surface area contributed by atoms with Gasteiger partial charge in [-0.25, -0.2) is 13.7 Å². The summed E-state index contributed by atoms with van der Waals surface area (Å²) in [6.07, 6.45) is 0. The molecule has 14 heteroatoms. The first kappa shape index (κ1) is 17.7. The third-order valence-corrected chi connectivity index (χ3v) is 3.77. The first-order valence-corrected chi connectivity index (χ1v) is 6.83. The second-order valence-electron chi connectivity index (χ2n) is 1.61. The molecule has 0 unspecified atom stereocenters. The van der Waals surface area contributed by atoms with Crippen LogP contribution < -0.4 is 0 Å². The maximum Gasteiger partial charge on any atom is 0.490 e. The number of hydrogen-bond acceptors (Lipinski definition) is 5. The molecule has 0 aromatic heterocycles. The van der Waals surface area contributed by atoms with Crippen LogP contribution in [0.5, 0.6) is 0 Å². The molecule has 0 aromatic rings. The van der Waals surface area contributed by atoms with E-state index in [0.29, 0.717) is 0 Å². The summed E-state index contributed by atoms with van der Waals surface area (Å²) in [6.45, 7) is 0. The fraction of sp³-hybridized carbons (Fsp3) is 0. The molecule has 1 radical (unpaired) electrons. The van der Waals surface area contributed by atoms with E-state index in [1.165, 1.54) is 0 Å². The van der Waals surface area contributed by atoms with Gasteiger partial charge < -0.3 is 24.5 Å². The van der Waals surface area contributed by atoms with Gasteiger partial charge in [-0.1, -0.05) is 0 Å². The largest absolute Gasteiger partial charge is 0.490 e. The van der Waals surface area contributed by atoms with Gasteiger partial charge in [0, 0.05) is 27.3 Å². The minimum atomic E-state index is -5.46. The molecule has 0 saturated carbocycles. The standard InChI is InChI=1S/H5O10P3.Tl/c1-11(2,3)9-13(7,8)10-12(4,5)6;/h(H,7,8)(H2,1,2,3)(H2,4,5,6);. The molecule has 0 aliphatic carbocycles. The maximum atomic E-state index is 10.4. The van der Waals surface area contributed by atoms with Crippen molar-refractivity contribution in [1.29, 1.82) is 0 Å². The van der Waals surface area contributed by atoms with E-state index in [4.69, 9.17) is 24.5 Å². The fourth-order valence-corrected chi connectivity index (χ4v) is 2.82. The molecule has 83 valence electrons. The predicted octanol–water partition coefficient (Wildman–Crippen LogP) is -1.08. The molecule has 5 N–H and O–H groups in total. The molecule has 0 bridgehead atoms. The maximum absolute atomic E-state index is 10.4. The van der Waals surface area contributed by atoms with E-state index in [2.05, 4.69) is 8.62 Å². The Morgan fingerprint density at radius 2 is 0.929 bits per heavy atom. The summed E-state index contributed by atoms with van der Waals surface area (Å²) in [4.78, 5) is 40.2. The van der Waals surface area contributed by atoms with Crippen molar-refractivity contribution in [3.05, 3.63) is 0 Å². The molecule has 0 heterocycles. The second-order valence-corrected chi connectivity index (χ2v) is 5.82. The van der Waals surface area contributed by atoms with Crippen LogP contribution in [0.3, 0.4) is 0 Å². The summed E-state index contributed by atoms with van der Waals surface area (Å²) in [5.41, 5.74) is 0. The molecule has 0 aliphatic heterocycles. The summed E-state index contributed by atoms with van der Waals surface area (Å²) in [5, 5.41) is 0. The minimum absolute atomic E-state index is 0. The van der Waals surface area contributed by atoms with Crippen molar-refractivity contribution in [1.82, 2.24) is 0 Å². The van der Waals surface area contributed by atoms with Gasteiger partial charge in [-0.05, 0) is 0 Å². The topological polar surface area (TPSA) is 171 Å². The molecule has 0 aromatic carbocycles. The number of rotatable bonds is 4. The van der Waals surface area contributed by atoms with Gasteiger partial charge in [0.15, 0.2) is 0 Å². The molecular weight excluding hydrogens is 457 g/mol. The van der Waals surface area contributed by atoms with Gasteiger partial charge in [0.2, 0.25) is 0 Å². The van der Waals surface area contributed by atoms with Crippen LogP contribution in [0.2, 0.25) is 0 Å². The molecule has 0 saturated heterocycles. The zero-order valence-corrected chi connectivity index (χ0v) is 13.4. The SMILES string of the molecule is O=P(O)(O)OP(=O)(O)OP(=O)(O)O.[Tl]. The predicted molar refractivity (Wildman–Crippen MR) is 41.8 cm³/mol. The van der Waals surface area contributed by atoms with Gasteiger partial charge in [-0.3, -0.25) is 0 Å². The molecule has 10 nitrogen and oxygen atoms in total. The molecule has 0 atom stereocenters. The monoisotopic (exact) mass is 463 g/mol. The minimum Gasteiger partial charge on any atom is -0.302 e. The van der Waals surface area contributed by atoms with Crippen molar-refractivity contribution < 1.29 is 46.8 Å². The Balaban J connectivity index is 0. The van der Waals surface area contributed by atoms with Gasteiger partial charge >= 0.3 is 23.5 Å². The summed E-state index contributed by atoms with van der Waals surface area (Å²) in [5.74, 6) is 0. The van der Waals surface area contributed by atoms with Gasteiger partial charge in [0.05, 0.1) is 0 Å². The van der Waals surface area contributed by atoms with Crippen LogP contribution in [0.4, 0.5) is 0 Å². The number of hydrogen-bond donors (Lipinski definition) is 5. The van der Waals surface area contributed by atoms with E-state index in [-0.39, 0.29) is 27.3 Å². The van der Waals surface area contributed by atoms with Crippen molar-refractivity contribution in [3.63, 3.8) is 0 Å². The van der Waals surface area contributed by atoms with E-state index in [9.17, 15) is 13.7 Å². The molecule has 0 aliphatic rings. The molecular formula is H5O10P3Tl. The van der Waals surface area contributed by atoms with Gasteiger partial charge in [-0.2, -0.15) is 8.62 Å². The average Bonchev–Trinajstić information content (AvgIpc) is 1.43. The smallest absolute Gasteiger partial charge is 0.302 e. The molecule has 0 rings (SSSR count). The Hall–Kier alpha value is 1.33. The van der Waals surface area contributed by atoms with E-state index in [1.54, 1.807) is 0 Å². The quantitative estimate of drug-likeness (QED) is 0.256. The number of phosphoric acid groups is 3.